The summed E-state index contributed by atoms with van der Waals surface area (Å²) in [4.78, 5) is 20.8. The van der Waals surface area contributed by atoms with Crippen molar-refractivity contribution >= 4 is 46.2 Å². The van der Waals surface area contributed by atoms with Gasteiger partial charge in [0.2, 0.25) is 0 Å². The van der Waals surface area contributed by atoms with E-state index in [0.29, 0.717) is 16.5 Å². The second-order valence-electron chi connectivity index (χ2n) is 8.44. The summed E-state index contributed by atoms with van der Waals surface area (Å²) in [5, 5.41) is 1.49. The van der Waals surface area contributed by atoms with Crippen LogP contribution in [0.2, 0.25) is 5.02 Å². The third kappa shape index (κ3) is 5.37. The van der Waals surface area contributed by atoms with Crippen molar-refractivity contribution in [2.75, 3.05) is 0 Å². The van der Waals surface area contributed by atoms with Gasteiger partial charge in [-0.05, 0) is 78.2 Å². The Morgan fingerprint density at radius 3 is 2.38 bits per heavy atom. The molecule has 0 bridgehead atoms. The number of ether oxygens (including phenoxy) is 1. The first-order chi connectivity index (χ1) is 16.7. The standard InChI is InChI=1S/C28H25ClN2O2S/c29-22-14-10-21(11-15-22)19-33-25-16-12-20(13-17-25)18-26-27(32)31(24-8-4-5-9-24)28(34-26)30-23-6-2-1-3-7-23/h1-3,6-7,10-18,24H,4-5,8-9,19H2. The van der Waals surface area contributed by atoms with E-state index in [1.54, 1.807) is 0 Å². The van der Waals surface area contributed by atoms with Crippen molar-refractivity contribution in [1.82, 2.24) is 4.90 Å². The summed E-state index contributed by atoms with van der Waals surface area (Å²) in [5.41, 5.74) is 2.88. The maximum absolute atomic E-state index is 13.4. The highest BCUT2D eigenvalue weighted by Gasteiger charge is 2.39. The molecule has 3 aromatic rings. The van der Waals surface area contributed by atoms with E-state index >= 15 is 0 Å². The van der Waals surface area contributed by atoms with Crippen LogP contribution in [0.5, 0.6) is 5.75 Å². The zero-order valence-corrected chi connectivity index (χ0v) is 20.3. The number of amidine groups is 1. The molecule has 34 heavy (non-hydrogen) atoms. The molecule has 1 aliphatic heterocycles. The lowest BCUT2D eigenvalue weighted by molar-refractivity contribution is -0.123. The second kappa shape index (κ2) is 10.5. The topological polar surface area (TPSA) is 41.9 Å². The van der Waals surface area contributed by atoms with Crippen LogP contribution in [0.1, 0.15) is 36.8 Å². The molecule has 172 valence electrons. The normalized spacial score (nSPS) is 18.9. The van der Waals surface area contributed by atoms with Crippen LogP contribution in [-0.4, -0.2) is 22.0 Å². The third-order valence-electron chi connectivity index (χ3n) is 6.00. The van der Waals surface area contributed by atoms with E-state index in [4.69, 9.17) is 21.3 Å². The number of para-hydroxylation sites is 1. The minimum atomic E-state index is 0.0506. The molecular formula is C28H25ClN2O2S. The fraction of sp³-hybridized carbons (Fsp3) is 0.214. The summed E-state index contributed by atoms with van der Waals surface area (Å²) in [6.07, 6.45) is 6.34. The van der Waals surface area contributed by atoms with Crippen LogP contribution in [0.25, 0.3) is 6.08 Å². The van der Waals surface area contributed by atoms with Gasteiger partial charge >= 0.3 is 0 Å². The summed E-state index contributed by atoms with van der Waals surface area (Å²) in [5.74, 6) is 0.830. The molecule has 0 aromatic heterocycles. The average molecular weight is 489 g/mol. The monoisotopic (exact) mass is 488 g/mol. The maximum Gasteiger partial charge on any atom is 0.267 e. The van der Waals surface area contributed by atoms with E-state index in [2.05, 4.69) is 0 Å². The maximum atomic E-state index is 13.4. The highest BCUT2D eigenvalue weighted by molar-refractivity contribution is 8.18. The minimum Gasteiger partial charge on any atom is -0.489 e. The molecule has 1 amide bonds. The van der Waals surface area contributed by atoms with Crippen molar-refractivity contribution in [3.63, 3.8) is 0 Å². The van der Waals surface area contributed by atoms with Crippen molar-refractivity contribution in [2.45, 2.75) is 38.3 Å². The van der Waals surface area contributed by atoms with Gasteiger partial charge in [-0.25, -0.2) is 4.99 Å². The Kier molecular flexibility index (Phi) is 7.02. The molecule has 0 atom stereocenters. The minimum absolute atomic E-state index is 0.0506. The Balaban J connectivity index is 1.32. The number of hydrogen-bond donors (Lipinski definition) is 0. The van der Waals surface area contributed by atoms with Crippen molar-refractivity contribution in [3.05, 3.63) is 99.9 Å². The lowest BCUT2D eigenvalue weighted by atomic mass is 10.2. The van der Waals surface area contributed by atoms with Crippen molar-refractivity contribution in [1.29, 1.82) is 0 Å². The van der Waals surface area contributed by atoms with Gasteiger partial charge < -0.3 is 4.74 Å². The number of thioether (sulfide) groups is 1. The van der Waals surface area contributed by atoms with Crippen LogP contribution >= 0.6 is 23.4 Å². The summed E-state index contributed by atoms with van der Waals surface area (Å²) >= 11 is 7.40. The molecule has 2 fully saturated rings. The summed E-state index contributed by atoms with van der Waals surface area (Å²) in [6.45, 7) is 0.474. The molecule has 4 nitrogen and oxygen atoms in total. The lowest BCUT2D eigenvalue weighted by Gasteiger charge is -2.22. The van der Waals surface area contributed by atoms with Crippen LogP contribution < -0.4 is 4.74 Å². The molecule has 3 aromatic carbocycles. The first kappa shape index (κ1) is 22.8. The van der Waals surface area contributed by atoms with Gasteiger partial charge in [-0.15, -0.1) is 0 Å². The van der Waals surface area contributed by atoms with Gasteiger partial charge in [0.05, 0.1) is 10.6 Å². The van der Waals surface area contributed by atoms with Crippen LogP contribution in [0.3, 0.4) is 0 Å². The molecule has 2 aliphatic rings. The number of rotatable bonds is 6. The zero-order valence-electron chi connectivity index (χ0n) is 18.7. The molecule has 1 saturated heterocycles. The van der Waals surface area contributed by atoms with E-state index in [9.17, 15) is 4.79 Å². The van der Waals surface area contributed by atoms with E-state index in [1.807, 2.05) is 89.8 Å². The van der Waals surface area contributed by atoms with E-state index in [0.717, 1.165) is 53.4 Å². The number of amides is 1. The Hall–Kier alpha value is -3.02. The van der Waals surface area contributed by atoms with Gasteiger partial charge in [-0.3, -0.25) is 9.69 Å². The molecule has 6 heteroatoms. The second-order valence-corrected chi connectivity index (χ2v) is 9.88. The van der Waals surface area contributed by atoms with Crippen molar-refractivity contribution in [3.8, 4) is 5.75 Å². The van der Waals surface area contributed by atoms with Crippen LogP contribution in [0, 0.1) is 0 Å². The van der Waals surface area contributed by atoms with E-state index < -0.39 is 0 Å². The zero-order chi connectivity index (χ0) is 23.3. The smallest absolute Gasteiger partial charge is 0.267 e. The van der Waals surface area contributed by atoms with Gasteiger partial charge in [-0.1, -0.05) is 66.9 Å². The summed E-state index contributed by atoms with van der Waals surface area (Å²) in [6, 6.07) is 25.5. The molecule has 0 N–H and O–H groups in total. The lowest BCUT2D eigenvalue weighted by Crippen LogP contribution is -2.37. The molecule has 0 radical (unpaired) electrons. The predicted octanol–water partition coefficient (Wildman–Crippen LogP) is 7.47. The molecule has 1 aliphatic carbocycles. The molecule has 5 rings (SSSR count). The molecule has 1 saturated carbocycles. The summed E-state index contributed by atoms with van der Waals surface area (Å²) < 4.78 is 5.88. The Morgan fingerprint density at radius 1 is 0.971 bits per heavy atom. The number of carbonyl (C=O) groups is 1. The molecular weight excluding hydrogens is 464 g/mol. The average Bonchev–Trinajstić information content (AvgIpc) is 3.48. The van der Waals surface area contributed by atoms with Gasteiger partial charge in [-0.2, -0.15) is 0 Å². The number of halogens is 1. The first-order valence-corrected chi connectivity index (χ1v) is 12.7. The van der Waals surface area contributed by atoms with Gasteiger partial charge in [0.25, 0.3) is 5.91 Å². The first-order valence-electron chi connectivity index (χ1n) is 11.5. The number of benzene rings is 3. The molecule has 0 unspecified atom stereocenters. The van der Waals surface area contributed by atoms with E-state index in [-0.39, 0.29) is 11.9 Å². The predicted molar refractivity (Wildman–Crippen MR) is 140 cm³/mol. The number of nitrogens with zero attached hydrogens (tertiary/aromatic N) is 2. The SMILES string of the molecule is O=C1C(=Cc2ccc(OCc3ccc(Cl)cc3)cc2)SC(=Nc2ccccc2)N1C1CCCC1. The largest absolute Gasteiger partial charge is 0.489 e. The highest BCUT2D eigenvalue weighted by Crippen LogP contribution is 2.39. The molecule has 0 spiro atoms. The van der Waals surface area contributed by atoms with Crippen LogP contribution in [-0.2, 0) is 11.4 Å². The van der Waals surface area contributed by atoms with Crippen LogP contribution in [0.15, 0.2) is 88.8 Å². The number of carbonyl (C=O) groups excluding carboxylic acids is 1. The third-order valence-corrected chi connectivity index (χ3v) is 7.24. The number of aliphatic imine (C=N–C) groups is 1. The summed E-state index contributed by atoms with van der Waals surface area (Å²) in [7, 11) is 0. The highest BCUT2D eigenvalue weighted by atomic mass is 35.5. The Morgan fingerprint density at radius 2 is 1.68 bits per heavy atom. The van der Waals surface area contributed by atoms with Crippen molar-refractivity contribution in [2.24, 2.45) is 4.99 Å². The van der Waals surface area contributed by atoms with Crippen LogP contribution in [0.4, 0.5) is 5.69 Å². The number of hydrogen-bond acceptors (Lipinski definition) is 4. The molecule has 1 heterocycles. The van der Waals surface area contributed by atoms with E-state index in [1.165, 1.54) is 11.8 Å². The fourth-order valence-electron chi connectivity index (χ4n) is 4.22. The fourth-order valence-corrected chi connectivity index (χ4v) is 5.41. The van der Waals surface area contributed by atoms with Gasteiger partial charge in [0.15, 0.2) is 5.17 Å². The Bertz CT molecular complexity index is 1200. The van der Waals surface area contributed by atoms with Crippen molar-refractivity contribution < 1.29 is 9.53 Å². The quantitative estimate of drug-likeness (QED) is 0.338. The Labute approximate surface area is 209 Å². The van der Waals surface area contributed by atoms with Gasteiger partial charge in [0, 0.05) is 11.1 Å². The van der Waals surface area contributed by atoms with Gasteiger partial charge in [0.1, 0.15) is 12.4 Å².